The fourth-order valence-electron chi connectivity index (χ4n) is 6.50. The lowest BCUT2D eigenvalue weighted by molar-refractivity contribution is -0.151. The van der Waals surface area contributed by atoms with Crippen LogP contribution in [0.1, 0.15) is 65.7 Å². The second-order valence-electron chi connectivity index (χ2n) is 9.26. The average Bonchev–Trinajstić information content (AvgIpc) is 2.72. The Morgan fingerprint density at radius 1 is 1.08 bits per heavy atom. The number of halogens is 1. The molecule has 4 aliphatic carbocycles. The molecule has 3 saturated carbocycles. The molecule has 4 aliphatic rings. The number of alkyl halides is 1. The Hall–Kier alpha value is -0.480. The van der Waals surface area contributed by atoms with E-state index < -0.39 is 9.93 Å². The van der Waals surface area contributed by atoms with E-state index in [1.807, 2.05) is 13.0 Å². The standard InChI is InChI=1S/C20H27BrO3/c1-17-8-6-13(22)10-12(17)4-5-15-14-7-9-19(3,24)18(14,2)11-16(23)20(15,17)21/h10,14-15,24H,4-9,11H2,1-3H3/t14-,15-,17+,18+,19+,20+/m1/s1. The molecule has 3 fully saturated rings. The summed E-state index contributed by atoms with van der Waals surface area (Å²) in [6.07, 6.45) is 7.14. The number of carbonyl (C=O) groups is 2. The summed E-state index contributed by atoms with van der Waals surface area (Å²) < 4.78 is -0.574. The Bertz CT molecular complexity index is 666. The van der Waals surface area contributed by atoms with Crippen LogP contribution in [-0.4, -0.2) is 26.6 Å². The monoisotopic (exact) mass is 394 g/mol. The van der Waals surface area contributed by atoms with Crippen molar-refractivity contribution >= 4 is 27.5 Å². The highest BCUT2D eigenvalue weighted by atomic mass is 79.9. The maximum absolute atomic E-state index is 13.5. The molecule has 132 valence electrons. The molecular formula is C20H27BrO3. The van der Waals surface area contributed by atoms with Crippen molar-refractivity contribution in [1.82, 2.24) is 0 Å². The zero-order valence-corrected chi connectivity index (χ0v) is 16.4. The summed E-state index contributed by atoms with van der Waals surface area (Å²) in [5.74, 6) is 1.04. The van der Waals surface area contributed by atoms with Crippen LogP contribution in [0.5, 0.6) is 0 Å². The van der Waals surface area contributed by atoms with Gasteiger partial charge in [0.25, 0.3) is 0 Å². The van der Waals surface area contributed by atoms with Crippen molar-refractivity contribution in [3.05, 3.63) is 11.6 Å². The number of ketones is 2. The quantitative estimate of drug-likeness (QED) is 0.632. The summed E-state index contributed by atoms with van der Waals surface area (Å²) in [5.41, 5.74) is -0.194. The maximum Gasteiger partial charge on any atom is 0.155 e. The molecule has 0 radical (unpaired) electrons. The van der Waals surface area contributed by atoms with Gasteiger partial charge in [-0.3, -0.25) is 9.59 Å². The third-order valence-corrected chi connectivity index (χ3v) is 10.3. The molecule has 1 N–H and O–H groups in total. The number of Topliss-reactive ketones (excluding diaryl/α,β-unsaturated/α-hetero) is 1. The summed E-state index contributed by atoms with van der Waals surface area (Å²) in [6, 6.07) is 0. The number of fused-ring (bicyclic) bond motifs is 5. The van der Waals surface area contributed by atoms with Crippen LogP contribution in [0.4, 0.5) is 0 Å². The Morgan fingerprint density at radius 2 is 1.79 bits per heavy atom. The minimum atomic E-state index is -0.763. The summed E-state index contributed by atoms with van der Waals surface area (Å²) in [7, 11) is 0. The van der Waals surface area contributed by atoms with Gasteiger partial charge in [0, 0.05) is 23.7 Å². The van der Waals surface area contributed by atoms with Crippen molar-refractivity contribution in [2.24, 2.45) is 22.7 Å². The van der Waals surface area contributed by atoms with Gasteiger partial charge in [0.1, 0.15) is 0 Å². The first-order valence-corrected chi connectivity index (χ1v) is 10.0. The van der Waals surface area contributed by atoms with Crippen LogP contribution in [0.2, 0.25) is 0 Å². The Balaban J connectivity index is 1.84. The normalized spacial score (nSPS) is 54.0. The van der Waals surface area contributed by atoms with Crippen molar-refractivity contribution in [2.75, 3.05) is 0 Å². The van der Waals surface area contributed by atoms with E-state index in [4.69, 9.17) is 0 Å². The first-order chi connectivity index (χ1) is 11.1. The van der Waals surface area contributed by atoms with Crippen molar-refractivity contribution < 1.29 is 14.7 Å². The number of rotatable bonds is 0. The lowest BCUT2D eigenvalue weighted by atomic mass is 9.46. The van der Waals surface area contributed by atoms with E-state index in [9.17, 15) is 14.7 Å². The first kappa shape index (κ1) is 17.0. The topological polar surface area (TPSA) is 54.4 Å². The largest absolute Gasteiger partial charge is 0.390 e. The molecule has 4 heteroatoms. The smallest absolute Gasteiger partial charge is 0.155 e. The molecule has 0 aromatic carbocycles. The Labute approximate surface area is 152 Å². The third-order valence-electron chi connectivity index (χ3n) is 8.36. The van der Waals surface area contributed by atoms with Crippen LogP contribution < -0.4 is 0 Å². The van der Waals surface area contributed by atoms with Gasteiger partial charge >= 0.3 is 0 Å². The van der Waals surface area contributed by atoms with Crippen LogP contribution in [0, 0.1) is 22.7 Å². The molecule has 0 aliphatic heterocycles. The van der Waals surface area contributed by atoms with Gasteiger partial charge in [-0.15, -0.1) is 0 Å². The minimum absolute atomic E-state index is 0.203. The van der Waals surface area contributed by atoms with Crippen LogP contribution in [0.3, 0.4) is 0 Å². The van der Waals surface area contributed by atoms with Gasteiger partial charge in [-0.25, -0.2) is 0 Å². The highest BCUT2D eigenvalue weighted by Crippen LogP contribution is 2.70. The van der Waals surface area contributed by atoms with Crippen LogP contribution in [0.15, 0.2) is 11.6 Å². The van der Waals surface area contributed by atoms with Crippen LogP contribution in [-0.2, 0) is 9.59 Å². The van der Waals surface area contributed by atoms with Gasteiger partial charge < -0.3 is 5.11 Å². The molecule has 0 bridgehead atoms. The molecule has 0 saturated heterocycles. The Kier molecular flexibility index (Phi) is 3.41. The summed E-state index contributed by atoms with van der Waals surface area (Å²) in [6.45, 7) is 6.21. The fraction of sp³-hybridized carbons (Fsp3) is 0.800. The molecule has 0 aromatic heterocycles. The van der Waals surface area contributed by atoms with E-state index in [2.05, 4.69) is 29.8 Å². The van der Waals surface area contributed by atoms with Crippen molar-refractivity contribution in [2.45, 2.75) is 75.6 Å². The van der Waals surface area contributed by atoms with E-state index in [1.165, 1.54) is 0 Å². The van der Waals surface area contributed by atoms with Crippen LogP contribution in [0.25, 0.3) is 0 Å². The summed E-state index contributed by atoms with van der Waals surface area (Å²) in [4.78, 5) is 25.4. The van der Waals surface area contributed by atoms with Gasteiger partial charge in [-0.05, 0) is 56.9 Å². The zero-order valence-electron chi connectivity index (χ0n) is 14.8. The number of hydrogen-bond donors (Lipinski definition) is 1. The minimum Gasteiger partial charge on any atom is -0.390 e. The molecule has 6 atom stereocenters. The molecule has 0 aromatic rings. The van der Waals surface area contributed by atoms with Crippen LogP contribution >= 0.6 is 15.9 Å². The maximum atomic E-state index is 13.5. The SMILES string of the molecule is C[C@]1(O)CC[C@@H]2[C@H]3CCC4=CC(=O)CC[C@]4(C)[C@@]3(Br)C(=O)C[C@@]21C. The first-order valence-electron chi connectivity index (χ1n) is 9.25. The molecule has 0 spiro atoms. The van der Waals surface area contributed by atoms with Crippen molar-refractivity contribution in [1.29, 1.82) is 0 Å². The molecule has 3 nitrogen and oxygen atoms in total. The van der Waals surface area contributed by atoms with Gasteiger partial charge in [-0.1, -0.05) is 35.4 Å². The zero-order chi connectivity index (χ0) is 17.5. The summed E-state index contributed by atoms with van der Waals surface area (Å²) in [5, 5.41) is 10.9. The van der Waals surface area contributed by atoms with Crippen molar-refractivity contribution in [3.8, 4) is 0 Å². The van der Waals surface area contributed by atoms with Crippen molar-refractivity contribution in [3.63, 3.8) is 0 Å². The second kappa shape index (κ2) is 4.82. The number of carbonyl (C=O) groups excluding carboxylic acids is 2. The number of allylic oxidation sites excluding steroid dienone is 1. The lowest BCUT2D eigenvalue weighted by Crippen LogP contribution is -2.66. The van der Waals surface area contributed by atoms with E-state index in [1.54, 1.807) is 0 Å². The van der Waals surface area contributed by atoms with Gasteiger partial charge in [0.2, 0.25) is 0 Å². The highest BCUT2D eigenvalue weighted by Gasteiger charge is 2.71. The molecule has 4 rings (SSSR count). The predicted molar refractivity (Wildman–Crippen MR) is 95.9 cm³/mol. The Morgan fingerprint density at radius 3 is 2.50 bits per heavy atom. The van der Waals surface area contributed by atoms with E-state index in [0.29, 0.717) is 18.8 Å². The van der Waals surface area contributed by atoms with E-state index in [0.717, 1.165) is 37.7 Å². The average molecular weight is 395 g/mol. The predicted octanol–water partition coefficient (Wildman–Crippen LogP) is 3.97. The summed E-state index contributed by atoms with van der Waals surface area (Å²) >= 11 is 3.97. The second-order valence-corrected chi connectivity index (χ2v) is 10.5. The number of aliphatic hydroxyl groups is 1. The highest BCUT2D eigenvalue weighted by molar-refractivity contribution is 9.10. The molecule has 0 amide bonds. The fourth-order valence-corrected chi connectivity index (χ4v) is 7.65. The van der Waals surface area contributed by atoms with E-state index >= 15 is 0 Å². The molecule has 0 unspecified atom stereocenters. The van der Waals surface area contributed by atoms with Gasteiger partial charge in [0.15, 0.2) is 11.6 Å². The lowest BCUT2D eigenvalue weighted by Gasteiger charge is -2.62. The molecule has 24 heavy (non-hydrogen) atoms. The number of hydrogen-bond acceptors (Lipinski definition) is 3. The van der Waals surface area contributed by atoms with Gasteiger partial charge in [-0.2, -0.15) is 0 Å². The van der Waals surface area contributed by atoms with Gasteiger partial charge in [0.05, 0.1) is 9.93 Å². The molecule has 0 heterocycles. The molecular weight excluding hydrogens is 368 g/mol. The van der Waals surface area contributed by atoms with E-state index in [-0.39, 0.29) is 28.3 Å². The third kappa shape index (κ3) is 1.77.